The number of carbonyl (C=O) groups excluding carboxylic acids is 1. The third-order valence-electron chi connectivity index (χ3n) is 5.65. The number of sulfonamides is 1. The SMILES string of the molecule is CC(C)(C)OC(=O)N1CCNCC1c1nccc2sc(S(=O)(=O)NCc3ccc(C(F)(F)F)cc3)cc12. The molecule has 37 heavy (non-hydrogen) atoms. The molecule has 0 saturated carbocycles. The molecule has 1 unspecified atom stereocenters. The van der Waals surface area contributed by atoms with Crippen LogP contribution in [0.3, 0.4) is 0 Å². The summed E-state index contributed by atoms with van der Waals surface area (Å²) in [6, 6.07) is 7.05. The van der Waals surface area contributed by atoms with Crippen molar-refractivity contribution >= 4 is 37.5 Å². The summed E-state index contributed by atoms with van der Waals surface area (Å²) in [4.78, 5) is 19.0. The summed E-state index contributed by atoms with van der Waals surface area (Å²) in [6.07, 6.45) is -3.37. The van der Waals surface area contributed by atoms with Gasteiger partial charge in [0.15, 0.2) is 0 Å². The average Bonchev–Trinajstić information content (AvgIpc) is 3.27. The standard InChI is InChI=1S/C24H27F3N4O4S2/c1-23(2,3)35-22(32)31-11-10-28-14-18(31)21-17-12-20(36-19(17)8-9-29-21)37(33,34)30-13-15-4-6-16(7-5-15)24(25,26)27/h4-9,12,18,28,30H,10-11,13-14H2,1-3H3. The molecule has 0 radical (unpaired) electrons. The van der Waals surface area contributed by atoms with Crippen LogP contribution >= 0.6 is 11.3 Å². The van der Waals surface area contributed by atoms with Gasteiger partial charge in [0.05, 0.1) is 17.3 Å². The van der Waals surface area contributed by atoms with Crippen molar-refractivity contribution in [3.05, 3.63) is 59.4 Å². The van der Waals surface area contributed by atoms with Crippen LogP contribution in [0.4, 0.5) is 18.0 Å². The highest BCUT2D eigenvalue weighted by Gasteiger charge is 2.34. The molecule has 1 atom stereocenters. The second-order valence-corrected chi connectivity index (χ2v) is 12.7. The number of alkyl halides is 3. The Morgan fingerprint density at radius 2 is 1.92 bits per heavy atom. The molecule has 3 heterocycles. The van der Waals surface area contributed by atoms with Gasteiger partial charge in [-0.05, 0) is 50.6 Å². The summed E-state index contributed by atoms with van der Waals surface area (Å²) in [6.45, 7) is 6.61. The number of benzene rings is 1. The molecular formula is C24H27F3N4O4S2. The molecule has 1 aliphatic heterocycles. The quantitative estimate of drug-likeness (QED) is 0.474. The van der Waals surface area contributed by atoms with Gasteiger partial charge in [0.2, 0.25) is 10.0 Å². The maximum atomic E-state index is 13.0. The van der Waals surface area contributed by atoms with Gasteiger partial charge in [-0.25, -0.2) is 17.9 Å². The van der Waals surface area contributed by atoms with Crippen LogP contribution in [0.1, 0.15) is 43.6 Å². The Kier molecular flexibility index (Phi) is 7.52. The van der Waals surface area contributed by atoms with Gasteiger partial charge in [-0.3, -0.25) is 9.88 Å². The summed E-state index contributed by atoms with van der Waals surface area (Å²) < 4.78 is 73.1. The Morgan fingerprint density at radius 3 is 2.57 bits per heavy atom. The maximum absolute atomic E-state index is 13.0. The normalized spacial score (nSPS) is 17.2. The van der Waals surface area contributed by atoms with E-state index in [1.54, 1.807) is 37.9 Å². The van der Waals surface area contributed by atoms with Crippen LogP contribution in [-0.4, -0.2) is 49.6 Å². The van der Waals surface area contributed by atoms with Gasteiger partial charge in [0.25, 0.3) is 0 Å². The molecule has 1 saturated heterocycles. The third kappa shape index (κ3) is 6.40. The summed E-state index contributed by atoms with van der Waals surface area (Å²) >= 11 is 1.05. The van der Waals surface area contributed by atoms with Crippen molar-refractivity contribution in [3.8, 4) is 0 Å². The van der Waals surface area contributed by atoms with Crippen LogP contribution in [0.2, 0.25) is 0 Å². The fourth-order valence-corrected chi connectivity index (χ4v) is 6.36. The lowest BCUT2D eigenvalue weighted by Gasteiger charge is -2.37. The largest absolute Gasteiger partial charge is 0.444 e. The van der Waals surface area contributed by atoms with Crippen molar-refractivity contribution in [2.45, 2.75) is 49.3 Å². The summed E-state index contributed by atoms with van der Waals surface area (Å²) in [5.74, 6) is 0. The lowest BCUT2D eigenvalue weighted by molar-refractivity contribution is -0.137. The van der Waals surface area contributed by atoms with E-state index in [0.717, 1.165) is 23.5 Å². The molecule has 0 spiro atoms. The number of carbonyl (C=O) groups is 1. The van der Waals surface area contributed by atoms with Crippen LogP contribution in [0.25, 0.3) is 10.1 Å². The molecule has 8 nitrogen and oxygen atoms in total. The molecule has 13 heteroatoms. The molecule has 1 amide bonds. The second-order valence-electron chi connectivity index (χ2n) is 9.59. The number of ether oxygens (including phenoxy) is 1. The molecule has 0 aliphatic carbocycles. The summed E-state index contributed by atoms with van der Waals surface area (Å²) in [5, 5.41) is 3.85. The van der Waals surface area contributed by atoms with Crippen molar-refractivity contribution in [1.29, 1.82) is 0 Å². The van der Waals surface area contributed by atoms with E-state index in [0.29, 0.717) is 41.0 Å². The highest BCUT2D eigenvalue weighted by atomic mass is 32.2. The molecule has 1 aromatic carbocycles. The first-order chi connectivity index (χ1) is 17.2. The Balaban J connectivity index is 1.57. The Morgan fingerprint density at radius 1 is 1.22 bits per heavy atom. The highest BCUT2D eigenvalue weighted by molar-refractivity contribution is 7.91. The zero-order valence-electron chi connectivity index (χ0n) is 20.4. The van der Waals surface area contributed by atoms with Crippen molar-refractivity contribution in [1.82, 2.24) is 19.9 Å². The number of fused-ring (bicyclic) bond motifs is 1. The van der Waals surface area contributed by atoms with Gasteiger partial charge in [-0.15, -0.1) is 11.3 Å². The predicted octanol–water partition coefficient (Wildman–Crippen LogP) is 4.68. The minimum Gasteiger partial charge on any atom is -0.444 e. The first-order valence-electron chi connectivity index (χ1n) is 11.5. The molecule has 1 fully saturated rings. The summed E-state index contributed by atoms with van der Waals surface area (Å²) in [5.41, 5.74) is -0.535. The molecule has 2 N–H and O–H groups in total. The second kappa shape index (κ2) is 10.2. The number of rotatable bonds is 5. The van der Waals surface area contributed by atoms with Gasteiger partial charge < -0.3 is 10.1 Å². The number of halogens is 3. The Bertz CT molecular complexity index is 1380. The van der Waals surface area contributed by atoms with E-state index in [2.05, 4.69) is 15.0 Å². The molecule has 4 rings (SSSR count). The number of thiophene rings is 1. The van der Waals surface area contributed by atoms with E-state index >= 15 is 0 Å². The fraction of sp³-hybridized carbons (Fsp3) is 0.417. The number of pyridine rings is 1. The first-order valence-corrected chi connectivity index (χ1v) is 13.8. The first kappa shape index (κ1) is 27.3. The summed E-state index contributed by atoms with van der Waals surface area (Å²) in [7, 11) is -3.96. The minimum atomic E-state index is -4.46. The van der Waals surface area contributed by atoms with E-state index < -0.39 is 39.5 Å². The van der Waals surface area contributed by atoms with Crippen molar-refractivity contribution in [2.24, 2.45) is 0 Å². The van der Waals surface area contributed by atoms with Crippen LogP contribution in [0.5, 0.6) is 0 Å². The molecular weight excluding hydrogens is 529 g/mol. The van der Waals surface area contributed by atoms with Gasteiger partial charge in [-0.1, -0.05) is 12.1 Å². The Labute approximate surface area is 216 Å². The number of amides is 1. The molecule has 0 bridgehead atoms. The van der Waals surface area contributed by atoms with E-state index in [1.807, 2.05) is 0 Å². The highest BCUT2D eigenvalue weighted by Crippen LogP contribution is 2.35. The van der Waals surface area contributed by atoms with Crippen LogP contribution < -0.4 is 10.0 Å². The number of hydrogen-bond acceptors (Lipinski definition) is 7. The minimum absolute atomic E-state index is 0.0382. The number of aromatic nitrogens is 1. The smallest absolute Gasteiger partial charge is 0.416 e. The Hall–Kier alpha value is -2.74. The topological polar surface area (TPSA) is 101 Å². The van der Waals surface area contributed by atoms with Gasteiger partial charge >= 0.3 is 12.3 Å². The number of hydrogen-bond donors (Lipinski definition) is 2. The number of piperazine rings is 1. The van der Waals surface area contributed by atoms with E-state index in [9.17, 15) is 26.4 Å². The van der Waals surface area contributed by atoms with Crippen molar-refractivity contribution < 1.29 is 31.1 Å². The molecule has 2 aromatic heterocycles. The maximum Gasteiger partial charge on any atom is 0.416 e. The predicted molar refractivity (Wildman–Crippen MR) is 134 cm³/mol. The number of nitrogens with zero attached hydrogens (tertiary/aromatic N) is 2. The van der Waals surface area contributed by atoms with Crippen LogP contribution in [0, 0.1) is 0 Å². The third-order valence-corrected chi connectivity index (χ3v) is 8.63. The average molecular weight is 557 g/mol. The zero-order chi connectivity index (χ0) is 27.0. The lowest BCUT2D eigenvalue weighted by Crippen LogP contribution is -2.50. The lowest BCUT2D eigenvalue weighted by atomic mass is 10.1. The monoisotopic (exact) mass is 556 g/mol. The zero-order valence-corrected chi connectivity index (χ0v) is 22.1. The molecule has 1 aliphatic rings. The van der Waals surface area contributed by atoms with Gasteiger partial charge in [0.1, 0.15) is 9.81 Å². The number of nitrogens with one attached hydrogen (secondary N) is 2. The van der Waals surface area contributed by atoms with Crippen LogP contribution in [0.15, 0.2) is 46.8 Å². The van der Waals surface area contributed by atoms with Gasteiger partial charge in [-0.2, -0.15) is 13.2 Å². The van der Waals surface area contributed by atoms with Gasteiger partial charge in [0, 0.05) is 42.5 Å². The molecule has 200 valence electrons. The van der Waals surface area contributed by atoms with Crippen molar-refractivity contribution in [2.75, 3.05) is 19.6 Å². The molecule has 3 aromatic rings. The van der Waals surface area contributed by atoms with E-state index in [1.165, 1.54) is 18.2 Å². The van der Waals surface area contributed by atoms with E-state index in [-0.39, 0.29) is 10.8 Å². The van der Waals surface area contributed by atoms with Crippen LogP contribution in [-0.2, 0) is 27.5 Å². The fourth-order valence-electron chi connectivity index (χ4n) is 3.91. The van der Waals surface area contributed by atoms with E-state index in [4.69, 9.17) is 4.74 Å². The van der Waals surface area contributed by atoms with Crippen molar-refractivity contribution in [3.63, 3.8) is 0 Å².